The van der Waals surface area contributed by atoms with E-state index in [-0.39, 0.29) is 11.8 Å². The van der Waals surface area contributed by atoms with Gasteiger partial charge in [-0.25, -0.2) is 8.42 Å². The Morgan fingerprint density at radius 3 is 2.48 bits per heavy atom. The van der Waals surface area contributed by atoms with E-state index in [1.807, 2.05) is 18.7 Å². The van der Waals surface area contributed by atoms with E-state index in [0.717, 1.165) is 29.3 Å². The lowest BCUT2D eigenvalue weighted by molar-refractivity contribution is -0.136. The lowest BCUT2D eigenvalue weighted by Gasteiger charge is -2.35. The second-order valence-electron chi connectivity index (χ2n) is 6.20. The number of thiophene rings is 1. The minimum Gasteiger partial charge on any atom is -0.340 e. The summed E-state index contributed by atoms with van der Waals surface area (Å²) in [7, 11) is -3.45. The molecule has 1 amide bonds. The molecule has 2 aliphatic heterocycles. The zero-order valence-electron chi connectivity index (χ0n) is 13.5. The molecule has 1 N–H and O–H groups in total. The molecule has 0 saturated carbocycles. The van der Waals surface area contributed by atoms with Crippen LogP contribution in [0.5, 0.6) is 0 Å². The Morgan fingerprint density at radius 2 is 1.96 bits per heavy atom. The van der Waals surface area contributed by atoms with Crippen molar-refractivity contribution in [1.82, 2.24) is 14.5 Å². The highest BCUT2D eigenvalue weighted by atomic mass is 32.2. The molecule has 0 aliphatic carbocycles. The van der Waals surface area contributed by atoms with Crippen molar-refractivity contribution in [3.05, 3.63) is 15.8 Å². The van der Waals surface area contributed by atoms with Gasteiger partial charge in [0.05, 0.1) is 10.8 Å². The molecule has 128 valence electrons. The fraction of sp³-hybridized carbons (Fsp3) is 0.667. The highest BCUT2D eigenvalue weighted by molar-refractivity contribution is 7.89. The summed E-state index contributed by atoms with van der Waals surface area (Å²) in [5, 5.41) is 3.20. The number of carbonyl (C=O) groups is 1. The van der Waals surface area contributed by atoms with E-state index in [2.05, 4.69) is 5.32 Å². The third-order valence-corrected chi connectivity index (χ3v) is 7.69. The molecular weight excluding hydrogens is 334 g/mol. The SMILES string of the molecule is Cc1cc(S(=O)(=O)N2CCN(C(=O)C3CCNC3)CC2)c(C)s1. The molecule has 6 nitrogen and oxygen atoms in total. The van der Waals surface area contributed by atoms with Gasteiger partial charge in [-0.1, -0.05) is 0 Å². The summed E-state index contributed by atoms with van der Waals surface area (Å²) < 4.78 is 27.1. The number of nitrogens with one attached hydrogen (secondary N) is 1. The molecule has 0 radical (unpaired) electrons. The summed E-state index contributed by atoms with van der Waals surface area (Å²) in [6, 6.07) is 1.75. The van der Waals surface area contributed by atoms with E-state index in [9.17, 15) is 13.2 Å². The van der Waals surface area contributed by atoms with Gasteiger partial charge in [0, 0.05) is 42.5 Å². The zero-order valence-corrected chi connectivity index (χ0v) is 15.2. The molecule has 3 rings (SSSR count). The van der Waals surface area contributed by atoms with Crippen LogP contribution in [-0.2, 0) is 14.8 Å². The molecule has 0 aromatic carbocycles. The number of piperazine rings is 1. The molecular formula is C15H23N3O3S2. The number of aryl methyl sites for hydroxylation is 2. The molecule has 1 aromatic heterocycles. The van der Waals surface area contributed by atoms with Crippen LogP contribution in [-0.4, -0.2) is 62.8 Å². The molecule has 1 aromatic rings. The molecule has 1 unspecified atom stereocenters. The van der Waals surface area contributed by atoms with Gasteiger partial charge in [0.25, 0.3) is 0 Å². The summed E-state index contributed by atoms with van der Waals surface area (Å²) in [6.45, 7) is 7.12. The molecule has 0 bridgehead atoms. The first-order chi connectivity index (χ1) is 10.9. The van der Waals surface area contributed by atoms with Crippen LogP contribution in [0.15, 0.2) is 11.0 Å². The molecule has 23 heavy (non-hydrogen) atoms. The summed E-state index contributed by atoms with van der Waals surface area (Å²) in [5.41, 5.74) is 0. The average molecular weight is 358 g/mol. The van der Waals surface area contributed by atoms with Crippen LogP contribution in [0, 0.1) is 19.8 Å². The molecule has 2 fully saturated rings. The predicted molar refractivity (Wildman–Crippen MR) is 90.1 cm³/mol. The van der Waals surface area contributed by atoms with Crippen LogP contribution >= 0.6 is 11.3 Å². The zero-order chi connectivity index (χ0) is 16.6. The Bertz CT molecular complexity index is 685. The van der Waals surface area contributed by atoms with Gasteiger partial charge in [-0.2, -0.15) is 4.31 Å². The second-order valence-corrected chi connectivity index (χ2v) is 9.56. The van der Waals surface area contributed by atoms with Crippen molar-refractivity contribution < 1.29 is 13.2 Å². The van der Waals surface area contributed by atoms with Crippen LogP contribution in [0.2, 0.25) is 0 Å². The Morgan fingerprint density at radius 1 is 1.26 bits per heavy atom. The maximum atomic E-state index is 12.8. The topological polar surface area (TPSA) is 69.7 Å². The first-order valence-electron chi connectivity index (χ1n) is 7.96. The lowest BCUT2D eigenvalue weighted by Crippen LogP contribution is -2.52. The normalized spacial score (nSPS) is 23.4. The Balaban J connectivity index is 1.66. The first kappa shape index (κ1) is 16.9. The minimum atomic E-state index is -3.45. The average Bonchev–Trinajstić information content (AvgIpc) is 3.16. The van der Waals surface area contributed by atoms with Gasteiger partial charge in [-0.3, -0.25) is 4.79 Å². The van der Waals surface area contributed by atoms with Gasteiger partial charge >= 0.3 is 0 Å². The molecule has 3 heterocycles. The molecule has 2 saturated heterocycles. The van der Waals surface area contributed by atoms with Gasteiger partial charge < -0.3 is 10.2 Å². The highest BCUT2D eigenvalue weighted by Crippen LogP contribution is 2.28. The third-order valence-electron chi connectivity index (χ3n) is 4.57. The largest absolute Gasteiger partial charge is 0.340 e. The van der Waals surface area contributed by atoms with Crippen molar-refractivity contribution in [3.63, 3.8) is 0 Å². The van der Waals surface area contributed by atoms with Crippen molar-refractivity contribution in [3.8, 4) is 0 Å². The third kappa shape index (κ3) is 3.31. The van der Waals surface area contributed by atoms with Crippen molar-refractivity contribution >= 4 is 27.3 Å². The van der Waals surface area contributed by atoms with E-state index < -0.39 is 10.0 Å². The van der Waals surface area contributed by atoms with Gasteiger partial charge in [0.1, 0.15) is 0 Å². The molecule has 8 heteroatoms. The number of hydrogen-bond donors (Lipinski definition) is 1. The van der Waals surface area contributed by atoms with Crippen molar-refractivity contribution in [2.45, 2.75) is 25.2 Å². The quantitative estimate of drug-likeness (QED) is 0.869. The summed E-state index contributed by atoms with van der Waals surface area (Å²) in [4.78, 5) is 16.5. The van der Waals surface area contributed by atoms with Crippen molar-refractivity contribution in [1.29, 1.82) is 0 Å². The maximum absolute atomic E-state index is 12.8. The van der Waals surface area contributed by atoms with Crippen LogP contribution in [0.1, 0.15) is 16.2 Å². The number of hydrogen-bond acceptors (Lipinski definition) is 5. The number of sulfonamides is 1. The Kier molecular flexibility index (Phi) is 4.78. The highest BCUT2D eigenvalue weighted by Gasteiger charge is 2.34. The minimum absolute atomic E-state index is 0.0555. The predicted octanol–water partition coefficient (Wildman–Crippen LogP) is 0.807. The standard InChI is InChI=1S/C15H23N3O3S2/c1-11-9-14(12(2)22-11)23(20,21)18-7-5-17(6-8-18)15(19)13-3-4-16-10-13/h9,13,16H,3-8,10H2,1-2H3. The number of amides is 1. The van der Waals surface area contributed by atoms with E-state index in [4.69, 9.17) is 0 Å². The van der Waals surface area contributed by atoms with E-state index in [1.54, 1.807) is 6.07 Å². The monoisotopic (exact) mass is 357 g/mol. The van der Waals surface area contributed by atoms with Crippen LogP contribution in [0.4, 0.5) is 0 Å². The number of carbonyl (C=O) groups excluding carboxylic acids is 1. The summed E-state index contributed by atoms with van der Waals surface area (Å²) in [6.07, 6.45) is 0.880. The summed E-state index contributed by atoms with van der Waals surface area (Å²) >= 11 is 1.51. The smallest absolute Gasteiger partial charge is 0.244 e. The fourth-order valence-corrected chi connectivity index (χ4v) is 6.22. The van der Waals surface area contributed by atoms with Crippen molar-refractivity contribution in [2.24, 2.45) is 5.92 Å². The second kappa shape index (κ2) is 6.51. The van der Waals surface area contributed by atoms with Gasteiger partial charge in [-0.15, -0.1) is 11.3 Å². The molecule has 2 aliphatic rings. The van der Waals surface area contributed by atoms with Gasteiger partial charge in [0.15, 0.2) is 0 Å². The Hall–Kier alpha value is -0.960. The van der Waals surface area contributed by atoms with E-state index in [0.29, 0.717) is 31.1 Å². The van der Waals surface area contributed by atoms with Crippen LogP contribution in [0.25, 0.3) is 0 Å². The van der Waals surface area contributed by atoms with Gasteiger partial charge in [0.2, 0.25) is 15.9 Å². The number of nitrogens with zero attached hydrogens (tertiary/aromatic N) is 2. The van der Waals surface area contributed by atoms with E-state index in [1.165, 1.54) is 15.6 Å². The van der Waals surface area contributed by atoms with E-state index >= 15 is 0 Å². The lowest BCUT2D eigenvalue weighted by atomic mass is 10.1. The van der Waals surface area contributed by atoms with Crippen LogP contribution < -0.4 is 5.32 Å². The number of rotatable bonds is 3. The molecule has 0 spiro atoms. The fourth-order valence-electron chi connectivity index (χ4n) is 3.28. The molecule has 1 atom stereocenters. The van der Waals surface area contributed by atoms with Crippen molar-refractivity contribution in [2.75, 3.05) is 39.3 Å². The Labute approximate surface area is 141 Å². The van der Waals surface area contributed by atoms with Gasteiger partial charge in [-0.05, 0) is 32.9 Å². The summed E-state index contributed by atoms with van der Waals surface area (Å²) in [5.74, 6) is 0.217. The van der Waals surface area contributed by atoms with Crippen LogP contribution in [0.3, 0.4) is 0 Å². The first-order valence-corrected chi connectivity index (χ1v) is 10.2. The maximum Gasteiger partial charge on any atom is 0.244 e.